The second-order valence-corrected chi connectivity index (χ2v) is 5.04. The van der Waals surface area contributed by atoms with E-state index < -0.39 is 0 Å². The summed E-state index contributed by atoms with van der Waals surface area (Å²) >= 11 is 0. The number of fused-ring (bicyclic) bond motifs is 1. The maximum absolute atomic E-state index is 9.82. The lowest BCUT2D eigenvalue weighted by Gasteiger charge is -2.32. The molecular formula is C15H18N2O. The van der Waals surface area contributed by atoms with Crippen molar-refractivity contribution in [3.8, 4) is 0 Å². The van der Waals surface area contributed by atoms with Gasteiger partial charge in [0.15, 0.2) is 0 Å². The van der Waals surface area contributed by atoms with Crippen LogP contribution in [0, 0.1) is 6.92 Å². The normalized spacial score (nSPS) is 20.3. The Labute approximate surface area is 107 Å². The zero-order valence-electron chi connectivity index (χ0n) is 10.6. The number of hydrogen-bond donors (Lipinski definition) is 1. The van der Waals surface area contributed by atoms with Crippen molar-refractivity contribution < 1.29 is 5.11 Å². The molecule has 1 atom stereocenters. The zero-order chi connectivity index (χ0) is 12.5. The van der Waals surface area contributed by atoms with Crippen LogP contribution in [0.2, 0.25) is 0 Å². The van der Waals surface area contributed by atoms with E-state index >= 15 is 0 Å². The summed E-state index contributed by atoms with van der Waals surface area (Å²) in [7, 11) is 0. The van der Waals surface area contributed by atoms with E-state index in [1.165, 1.54) is 11.1 Å². The molecule has 0 bridgehead atoms. The summed E-state index contributed by atoms with van der Waals surface area (Å²) in [6.45, 7) is 3.77. The molecule has 3 rings (SSSR count). The summed E-state index contributed by atoms with van der Waals surface area (Å²) < 4.78 is 0. The third kappa shape index (κ3) is 2.06. The molecule has 3 heteroatoms. The molecule has 18 heavy (non-hydrogen) atoms. The molecule has 3 nitrogen and oxygen atoms in total. The van der Waals surface area contributed by atoms with Crippen LogP contribution in [-0.4, -0.2) is 29.3 Å². The fraction of sp³-hybridized carbons (Fsp3) is 0.400. The predicted octanol–water partition coefficient (Wildman–Crippen LogP) is 2.50. The number of aromatic nitrogens is 1. The van der Waals surface area contributed by atoms with Crippen LogP contribution in [0.3, 0.4) is 0 Å². The summed E-state index contributed by atoms with van der Waals surface area (Å²) in [4.78, 5) is 6.84. The van der Waals surface area contributed by atoms with Gasteiger partial charge in [-0.3, -0.25) is 4.98 Å². The highest BCUT2D eigenvalue weighted by Gasteiger charge is 2.19. The molecule has 0 saturated carbocycles. The van der Waals surface area contributed by atoms with Gasteiger partial charge in [0.05, 0.1) is 11.6 Å². The van der Waals surface area contributed by atoms with Crippen molar-refractivity contribution >= 4 is 16.6 Å². The van der Waals surface area contributed by atoms with Crippen molar-refractivity contribution in [2.45, 2.75) is 25.9 Å². The topological polar surface area (TPSA) is 36.4 Å². The average Bonchev–Trinajstić information content (AvgIpc) is 2.37. The van der Waals surface area contributed by atoms with Crippen LogP contribution in [0.5, 0.6) is 0 Å². The molecule has 2 aromatic rings. The third-order valence-corrected chi connectivity index (χ3v) is 3.56. The van der Waals surface area contributed by atoms with Crippen molar-refractivity contribution in [1.29, 1.82) is 0 Å². The van der Waals surface area contributed by atoms with Gasteiger partial charge < -0.3 is 10.0 Å². The molecule has 1 saturated heterocycles. The standard InChI is InChI=1S/C15H18N2O/c1-11-9-15(17-8-4-5-12(18)10-17)13-6-2-3-7-14(13)16-11/h2-3,6-7,9,12,18H,4-5,8,10H2,1H3. The Kier molecular flexibility index (Phi) is 2.92. The maximum atomic E-state index is 9.82. The summed E-state index contributed by atoms with van der Waals surface area (Å²) in [5.41, 5.74) is 3.27. The highest BCUT2D eigenvalue weighted by Crippen LogP contribution is 2.28. The number of hydrogen-bond acceptors (Lipinski definition) is 3. The van der Waals surface area contributed by atoms with E-state index in [0.29, 0.717) is 0 Å². The zero-order valence-corrected chi connectivity index (χ0v) is 10.6. The molecule has 1 aliphatic heterocycles. The molecule has 1 aromatic carbocycles. The number of para-hydroxylation sites is 1. The monoisotopic (exact) mass is 242 g/mol. The minimum absolute atomic E-state index is 0.203. The SMILES string of the molecule is Cc1cc(N2CCCC(O)C2)c2ccccc2n1. The third-order valence-electron chi connectivity index (χ3n) is 3.56. The van der Waals surface area contributed by atoms with Crippen molar-refractivity contribution in [2.24, 2.45) is 0 Å². The van der Waals surface area contributed by atoms with Crippen LogP contribution in [0.25, 0.3) is 10.9 Å². The van der Waals surface area contributed by atoms with E-state index in [2.05, 4.69) is 22.0 Å². The Morgan fingerprint density at radius 2 is 2.17 bits per heavy atom. The minimum atomic E-state index is -0.203. The molecule has 0 amide bonds. The largest absolute Gasteiger partial charge is 0.391 e. The number of nitrogens with zero attached hydrogens (tertiary/aromatic N) is 2. The van der Waals surface area contributed by atoms with Gasteiger partial charge in [-0.25, -0.2) is 0 Å². The predicted molar refractivity (Wildman–Crippen MR) is 73.9 cm³/mol. The van der Waals surface area contributed by atoms with Crippen LogP contribution < -0.4 is 4.90 Å². The van der Waals surface area contributed by atoms with E-state index in [1.807, 2.05) is 25.1 Å². The van der Waals surface area contributed by atoms with Gasteiger partial charge in [0.1, 0.15) is 0 Å². The van der Waals surface area contributed by atoms with Crippen molar-refractivity contribution in [3.63, 3.8) is 0 Å². The smallest absolute Gasteiger partial charge is 0.0726 e. The van der Waals surface area contributed by atoms with Crippen LogP contribution in [0.1, 0.15) is 18.5 Å². The van der Waals surface area contributed by atoms with Gasteiger partial charge in [-0.05, 0) is 31.9 Å². The lowest BCUT2D eigenvalue weighted by atomic mass is 10.1. The van der Waals surface area contributed by atoms with Gasteiger partial charge in [-0.15, -0.1) is 0 Å². The number of aliphatic hydroxyl groups is 1. The number of aryl methyl sites for hydroxylation is 1. The molecule has 2 heterocycles. The number of pyridine rings is 1. The molecule has 1 fully saturated rings. The average molecular weight is 242 g/mol. The molecule has 0 spiro atoms. The molecular weight excluding hydrogens is 224 g/mol. The summed E-state index contributed by atoms with van der Waals surface area (Å²) in [5.74, 6) is 0. The van der Waals surface area contributed by atoms with Gasteiger partial charge in [0.25, 0.3) is 0 Å². The van der Waals surface area contributed by atoms with Crippen molar-refractivity contribution in [2.75, 3.05) is 18.0 Å². The van der Waals surface area contributed by atoms with Gasteiger partial charge in [-0.1, -0.05) is 18.2 Å². The minimum Gasteiger partial charge on any atom is -0.391 e. The van der Waals surface area contributed by atoms with E-state index in [4.69, 9.17) is 0 Å². The van der Waals surface area contributed by atoms with E-state index in [0.717, 1.165) is 37.1 Å². The fourth-order valence-electron chi connectivity index (χ4n) is 2.72. The fourth-order valence-corrected chi connectivity index (χ4v) is 2.72. The van der Waals surface area contributed by atoms with Crippen molar-refractivity contribution in [1.82, 2.24) is 4.98 Å². The van der Waals surface area contributed by atoms with E-state index in [9.17, 15) is 5.11 Å². The molecule has 1 unspecified atom stereocenters. The summed E-state index contributed by atoms with van der Waals surface area (Å²) in [6.07, 6.45) is 1.76. The van der Waals surface area contributed by atoms with Gasteiger partial charge >= 0.3 is 0 Å². The number of aliphatic hydroxyl groups excluding tert-OH is 1. The van der Waals surface area contributed by atoms with Gasteiger partial charge in [0, 0.05) is 29.9 Å². The Morgan fingerprint density at radius 1 is 1.33 bits per heavy atom. The molecule has 0 aliphatic carbocycles. The number of piperidine rings is 1. The molecule has 1 N–H and O–H groups in total. The molecule has 1 aromatic heterocycles. The van der Waals surface area contributed by atoms with Gasteiger partial charge in [0.2, 0.25) is 0 Å². The Bertz CT molecular complexity index is 567. The van der Waals surface area contributed by atoms with Crippen LogP contribution in [0.4, 0.5) is 5.69 Å². The highest BCUT2D eigenvalue weighted by molar-refractivity contribution is 5.92. The maximum Gasteiger partial charge on any atom is 0.0726 e. The van der Waals surface area contributed by atoms with Gasteiger partial charge in [-0.2, -0.15) is 0 Å². The first kappa shape index (κ1) is 11.5. The Morgan fingerprint density at radius 3 is 3.00 bits per heavy atom. The Balaban J connectivity index is 2.09. The van der Waals surface area contributed by atoms with Crippen LogP contribution in [-0.2, 0) is 0 Å². The second-order valence-electron chi connectivity index (χ2n) is 5.04. The highest BCUT2D eigenvalue weighted by atomic mass is 16.3. The first-order chi connectivity index (χ1) is 8.74. The molecule has 1 aliphatic rings. The summed E-state index contributed by atoms with van der Waals surface area (Å²) in [5, 5.41) is 11.0. The van der Waals surface area contributed by atoms with E-state index in [-0.39, 0.29) is 6.10 Å². The Hall–Kier alpha value is -1.61. The quantitative estimate of drug-likeness (QED) is 0.834. The second kappa shape index (κ2) is 4.58. The first-order valence-electron chi connectivity index (χ1n) is 6.53. The molecule has 0 radical (unpaired) electrons. The van der Waals surface area contributed by atoms with Crippen molar-refractivity contribution in [3.05, 3.63) is 36.0 Å². The lowest BCUT2D eigenvalue weighted by Crippen LogP contribution is -2.38. The first-order valence-corrected chi connectivity index (χ1v) is 6.53. The van der Waals surface area contributed by atoms with E-state index in [1.54, 1.807) is 0 Å². The van der Waals surface area contributed by atoms with Crippen LogP contribution in [0.15, 0.2) is 30.3 Å². The lowest BCUT2D eigenvalue weighted by molar-refractivity contribution is 0.154. The number of benzene rings is 1. The van der Waals surface area contributed by atoms with Crippen LogP contribution >= 0.6 is 0 Å². The summed E-state index contributed by atoms with van der Waals surface area (Å²) in [6, 6.07) is 10.3. The number of anilines is 1. The molecule has 94 valence electrons. The number of β-amino-alcohol motifs (C(OH)–C–C–N with tert-alkyl or cyclic N) is 1. The number of rotatable bonds is 1.